The van der Waals surface area contributed by atoms with Gasteiger partial charge in [0.2, 0.25) is 0 Å². The molecule has 1 aromatic heterocycles. The Morgan fingerprint density at radius 2 is 1.13 bits per heavy atom. The van der Waals surface area contributed by atoms with Crippen LogP contribution < -0.4 is 0 Å². The number of rotatable bonds is 5. The minimum absolute atomic E-state index is 0.402. The fraction of sp³-hybridized carbons (Fsp3) is 0.571. The molecule has 0 aliphatic carbocycles. The first-order chi connectivity index (χ1) is 13.1. The number of ketones is 1. The molecule has 4 nitrogen and oxygen atoms in total. The van der Waals surface area contributed by atoms with Gasteiger partial charge in [0, 0.05) is 12.1 Å². The number of Topliss-reactive ketones (excluding diaryl/α,β-unsaturated/α-hetero) is 1. The third kappa shape index (κ3) is 4.79. The molecule has 1 aromatic rings. The van der Waals surface area contributed by atoms with Crippen molar-refractivity contribution in [2.75, 3.05) is 0 Å². The molecule has 16 heteroatoms. The van der Waals surface area contributed by atoms with Crippen LogP contribution in [0.1, 0.15) is 22.6 Å². The van der Waals surface area contributed by atoms with Crippen molar-refractivity contribution in [1.82, 2.24) is 4.98 Å². The smallest absolute Gasteiger partial charge is 0.373 e. The van der Waals surface area contributed by atoms with Gasteiger partial charge in [-0.05, 0) is 12.1 Å². The molecule has 0 bridgehead atoms. The molecule has 0 saturated heterocycles. The molecule has 30 heavy (non-hydrogen) atoms. The zero-order valence-electron chi connectivity index (χ0n) is 13.9. The zero-order valence-corrected chi connectivity index (χ0v) is 13.9. The van der Waals surface area contributed by atoms with E-state index in [9.17, 15) is 57.5 Å². The Bertz CT molecular complexity index is 750. The average molecular weight is 467 g/mol. The van der Waals surface area contributed by atoms with Gasteiger partial charge >= 0.3 is 24.7 Å². The number of aliphatic hydroxyl groups is 2. The SMILES string of the molecule is O=C(CC(O)(C(F)(F)F)C(F)(F)F)c1cccc(CC(O)(C(F)(F)F)C(F)(F)F)n1. The van der Waals surface area contributed by atoms with E-state index >= 15 is 0 Å². The lowest BCUT2D eigenvalue weighted by molar-refractivity contribution is -0.367. The summed E-state index contributed by atoms with van der Waals surface area (Å²) < 4.78 is 152. The minimum atomic E-state index is -6.40. The van der Waals surface area contributed by atoms with Gasteiger partial charge in [-0.25, -0.2) is 4.98 Å². The van der Waals surface area contributed by atoms with Crippen LogP contribution in [0.15, 0.2) is 18.2 Å². The summed E-state index contributed by atoms with van der Waals surface area (Å²) in [4.78, 5) is 14.6. The van der Waals surface area contributed by atoms with Crippen molar-refractivity contribution in [3.05, 3.63) is 29.6 Å². The van der Waals surface area contributed by atoms with Gasteiger partial charge in [0.05, 0.1) is 6.42 Å². The first-order valence-electron chi connectivity index (χ1n) is 7.27. The number of nitrogens with zero attached hydrogens (tertiary/aromatic N) is 1. The van der Waals surface area contributed by atoms with E-state index in [1.54, 1.807) is 0 Å². The third-order valence-corrected chi connectivity index (χ3v) is 3.82. The normalized spacial score (nSPS) is 14.7. The van der Waals surface area contributed by atoms with Gasteiger partial charge in [-0.1, -0.05) is 6.07 Å². The van der Waals surface area contributed by atoms with Gasteiger partial charge in [0.25, 0.3) is 11.2 Å². The van der Waals surface area contributed by atoms with Crippen molar-refractivity contribution in [2.45, 2.75) is 48.7 Å². The number of carbonyl (C=O) groups excluding carboxylic acids is 1. The molecule has 0 aliphatic rings. The van der Waals surface area contributed by atoms with E-state index in [0.717, 1.165) is 0 Å². The molecule has 0 unspecified atom stereocenters. The average Bonchev–Trinajstić information content (AvgIpc) is 2.50. The minimum Gasteiger partial charge on any atom is -0.373 e. The number of carbonyl (C=O) groups is 1. The number of hydrogen-bond acceptors (Lipinski definition) is 4. The summed E-state index contributed by atoms with van der Waals surface area (Å²) in [7, 11) is 0. The molecule has 0 amide bonds. The quantitative estimate of drug-likeness (QED) is 0.509. The lowest BCUT2D eigenvalue weighted by Gasteiger charge is -2.32. The molecule has 0 aromatic carbocycles. The molecular formula is C14H9F12NO3. The summed E-state index contributed by atoms with van der Waals surface area (Å²) in [6.07, 6.45) is -30.4. The second-order valence-electron chi connectivity index (χ2n) is 6.00. The van der Waals surface area contributed by atoms with Crippen LogP contribution in [0.4, 0.5) is 52.7 Å². The van der Waals surface area contributed by atoms with Crippen LogP contribution in [0, 0.1) is 0 Å². The molecule has 0 atom stereocenters. The van der Waals surface area contributed by atoms with Crippen LogP contribution in [0.3, 0.4) is 0 Å². The summed E-state index contributed by atoms with van der Waals surface area (Å²) in [5.41, 5.74) is -13.6. The lowest BCUT2D eigenvalue weighted by Crippen LogP contribution is -2.58. The van der Waals surface area contributed by atoms with E-state index in [4.69, 9.17) is 10.2 Å². The van der Waals surface area contributed by atoms with Crippen LogP contribution in [0.2, 0.25) is 0 Å². The predicted molar refractivity (Wildman–Crippen MR) is 71.0 cm³/mol. The second kappa shape index (κ2) is 7.55. The Morgan fingerprint density at radius 1 is 0.733 bits per heavy atom. The van der Waals surface area contributed by atoms with Crippen LogP contribution in [-0.2, 0) is 6.42 Å². The standard InChI is InChI=1S/C14H9F12NO3/c15-11(16,17)9(29,12(18,19)20)4-6-2-1-3-7(27-6)8(28)5-10(30,13(21,22)23)14(24,25)26/h1-3,29-30H,4-5H2. The number of halogens is 12. The molecule has 0 fully saturated rings. The van der Waals surface area contributed by atoms with Gasteiger partial charge in [-0.3, -0.25) is 4.79 Å². The highest BCUT2D eigenvalue weighted by Gasteiger charge is 2.71. The first-order valence-corrected chi connectivity index (χ1v) is 7.27. The second-order valence-corrected chi connectivity index (χ2v) is 6.00. The number of pyridine rings is 1. The first kappa shape index (κ1) is 25.9. The summed E-state index contributed by atoms with van der Waals surface area (Å²) >= 11 is 0. The molecular weight excluding hydrogens is 458 g/mol. The fourth-order valence-corrected chi connectivity index (χ4v) is 2.04. The summed E-state index contributed by atoms with van der Waals surface area (Å²) in [6.45, 7) is 0. The molecule has 172 valence electrons. The maximum absolute atomic E-state index is 12.7. The molecule has 0 aliphatic heterocycles. The topological polar surface area (TPSA) is 70.4 Å². The Labute approximate surface area is 158 Å². The zero-order chi connectivity index (χ0) is 24.0. The molecule has 1 heterocycles. The van der Waals surface area contributed by atoms with Crippen molar-refractivity contribution >= 4 is 5.78 Å². The molecule has 1 rings (SSSR count). The van der Waals surface area contributed by atoms with Crippen molar-refractivity contribution in [3.8, 4) is 0 Å². The Morgan fingerprint density at radius 3 is 1.50 bits per heavy atom. The largest absolute Gasteiger partial charge is 0.426 e. The number of hydrogen-bond donors (Lipinski definition) is 2. The van der Waals surface area contributed by atoms with Crippen molar-refractivity contribution in [1.29, 1.82) is 0 Å². The molecule has 2 N–H and O–H groups in total. The monoisotopic (exact) mass is 467 g/mol. The van der Waals surface area contributed by atoms with E-state index < -0.39 is 65.9 Å². The summed E-state index contributed by atoms with van der Waals surface area (Å²) in [5.74, 6) is -2.18. The van der Waals surface area contributed by atoms with Gasteiger partial charge in [-0.2, -0.15) is 52.7 Å². The maximum atomic E-state index is 12.7. The maximum Gasteiger partial charge on any atom is 0.426 e. The van der Waals surface area contributed by atoms with Crippen molar-refractivity contribution in [3.63, 3.8) is 0 Å². The van der Waals surface area contributed by atoms with Crippen LogP contribution in [-0.4, -0.2) is 56.9 Å². The van der Waals surface area contributed by atoms with E-state index in [1.807, 2.05) is 0 Å². The van der Waals surface area contributed by atoms with Gasteiger partial charge in [0.1, 0.15) is 5.69 Å². The van der Waals surface area contributed by atoms with Crippen LogP contribution >= 0.6 is 0 Å². The highest BCUT2D eigenvalue weighted by molar-refractivity contribution is 5.95. The van der Waals surface area contributed by atoms with Crippen LogP contribution in [0.5, 0.6) is 0 Å². The number of aromatic nitrogens is 1. The van der Waals surface area contributed by atoms with E-state index in [0.29, 0.717) is 18.2 Å². The lowest BCUT2D eigenvalue weighted by atomic mass is 9.93. The van der Waals surface area contributed by atoms with Gasteiger partial charge in [0.15, 0.2) is 5.78 Å². The van der Waals surface area contributed by atoms with Crippen molar-refractivity contribution < 1.29 is 67.7 Å². The number of alkyl halides is 12. The molecule has 0 radical (unpaired) electrons. The Hall–Kier alpha value is -2.10. The van der Waals surface area contributed by atoms with Crippen molar-refractivity contribution in [2.24, 2.45) is 0 Å². The highest BCUT2D eigenvalue weighted by atomic mass is 19.4. The van der Waals surface area contributed by atoms with Gasteiger partial charge in [-0.15, -0.1) is 0 Å². The van der Waals surface area contributed by atoms with Crippen LogP contribution in [0.25, 0.3) is 0 Å². The molecule has 0 spiro atoms. The summed E-state index contributed by atoms with van der Waals surface area (Å²) in [6, 6.07) is 1.33. The fourth-order valence-electron chi connectivity index (χ4n) is 2.04. The van der Waals surface area contributed by atoms with E-state index in [1.165, 1.54) is 0 Å². The predicted octanol–water partition coefficient (Wildman–Crippen LogP) is 3.91. The molecule has 0 saturated carbocycles. The van der Waals surface area contributed by atoms with E-state index in [-0.39, 0.29) is 0 Å². The van der Waals surface area contributed by atoms with E-state index in [2.05, 4.69) is 4.98 Å². The third-order valence-electron chi connectivity index (χ3n) is 3.82. The van der Waals surface area contributed by atoms with Gasteiger partial charge < -0.3 is 10.2 Å². The highest BCUT2D eigenvalue weighted by Crippen LogP contribution is 2.46. The summed E-state index contributed by atoms with van der Waals surface area (Å²) in [5, 5.41) is 18.0. The Kier molecular flexibility index (Phi) is 6.52. The Balaban J connectivity index is 3.31.